The number of para-hydroxylation sites is 1. The van der Waals surface area contributed by atoms with Crippen molar-refractivity contribution in [2.75, 3.05) is 25.6 Å². The molecule has 0 aliphatic heterocycles. The number of rotatable bonds is 13. The van der Waals surface area contributed by atoms with Crippen molar-refractivity contribution in [1.82, 2.24) is 0 Å². The molecule has 0 saturated heterocycles. The van der Waals surface area contributed by atoms with E-state index in [-0.39, 0.29) is 5.97 Å². The van der Waals surface area contributed by atoms with Crippen molar-refractivity contribution in [3.05, 3.63) is 76.4 Å². The molecule has 32 heavy (non-hydrogen) atoms. The fraction of sp³-hybridized carbons (Fsp3) is 0.483. The Bertz CT molecular complexity index is 836. The molecule has 0 N–H and O–H groups in total. The molecule has 0 bridgehead atoms. The molecule has 0 amide bonds. The average molecular weight is 438 g/mol. The lowest BCUT2D eigenvalue weighted by molar-refractivity contribution is 0.0549. The Balaban J connectivity index is 2.36. The second-order valence-electron chi connectivity index (χ2n) is 9.06. The number of nitrogens with zero attached hydrogens (tertiary/aromatic N) is 1. The number of esters is 1. The zero-order valence-corrected chi connectivity index (χ0v) is 21.3. The standard InChI is InChI=1S/C29H43NO2/c1-23(2)13-10-14-24(3)15-11-16-25(4)17-12-18-26(5)21-22-32-29(31)27-19-8-9-20-28(27)30(6)7/h8-9,13,15,17,19-21H,10-12,14,16,18,22H2,1-7H3/b24-15+,25-17?,26-21+. The third-order valence-corrected chi connectivity index (χ3v) is 5.41. The van der Waals surface area contributed by atoms with E-state index in [0.29, 0.717) is 12.2 Å². The first-order valence-electron chi connectivity index (χ1n) is 11.7. The first kappa shape index (κ1) is 27.5. The third kappa shape index (κ3) is 11.7. The van der Waals surface area contributed by atoms with E-state index < -0.39 is 0 Å². The highest BCUT2D eigenvalue weighted by Gasteiger charge is 2.12. The minimum atomic E-state index is -0.279. The zero-order chi connectivity index (χ0) is 23.9. The van der Waals surface area contributed by atoms with Crippen molar-refractivity contribution >= 4 is 11.7 Å². The van der Waals surface area contributed by atoms with Gasteiger partial charge in [0.15, 0.2) is 0 Å². The second-order valence-corrected chi connectivity index (χ2v) is 9.06. The van der Waals surface area contributed by atoms with E-state index in [2.05, 4.69) is 52.8 Å². The maximum absolute atomic E-state index is 12.4. The van der Waals surface area contributed by atoms with Gasteiger partial charge in [-0.3, -0.25) is 0 Å². The van der Waals surface area contributed by atoms with Gasteiger partial charge in [0.25, 0.3) is 0 Å². The number of ether oxygens (including phenoxy) is 1. The Morgan fingerprint density at radius 2 is 1.28 bits per heavy atom. The highest BCUT2D eigenvalue weighted by atomic mass is 16.5. The first-order chi connectivity index (χ1) is 15.2. The number of hydrogen-bond acceptors (Lipinski definition) is 3. The topological polar surface area (TPSA) is 29.5 Å². The maximum Gasteiger partial charge on any atom is 0.340 e. The van der Waals surface area contributed by atoms with Gasteiger partial charge in [0.05, 0.1) is 11.3 Å². The van der Waals surface area contributed by atoms with Crippen LogP contribution in [-0.2, 0) is 4.74 Å². The summed E-state index contributed by atoms with van der Waals surface area (Å²) in [6.07, 6.45) is 15.6. The Morgan fingerprint density at radius 1 is 0.781 bits per heavy atom. The van der Waals surface area contributed by atoms with Gasteiger partial charge in [-0.25, -0.2) is 4.79 Å². The van der Waals surface area contributed by atoms with E-state index in [0.717, 1.165) is 44.2 Å². The van der Waals surface area contributed by atoms with Crippen LogP contribution >= 0.6 is 0 Å². The van der Waals surface area contributed by atoms with Crippen molar-refractivity contribution in [1.29, 1.82) is 0 Å². The van der Waals surface area contributed by atoms with E-state index >= 15 is 0 Å². The van der Waals surface area contributed by atoms with E-state index in [1.54, 1.807) is 0 Å². The van der Waals surface area contributed by atoms with Gasteiger partial charge in [-0.1, -0.05) is 52.7 Å². The number of carbonyl (C=O) groups is 1. The van der Waals surface area contributed by atoms with Crippen LogP contribution in [0.25, 0.3) is 0 Å². The largest absolute Gasteiger partial charge is 0.458 e. The highest BCUT2D eigenvalue weighted by molar-refractivity contribution is 5.95. The van der Waals surface area contributed by atoms with E-state index in [1.165, 1.54) is 22.3 Å². The minimum absolute atomic E-state index is 0.279. The van der Waals surface area contributed by atoms with Crippen LogP contribution in [0.1, 0.15) is 83.5 Å². The van der Waals surface area contributed by atoms with Gasteiger partial charge in [0.1, 0.15) is 6.61 Å². The molecule has 0 spiro atoms. The molecule has 0 unspecified atom stereocenters. The summed E-state index contributed by atoms with van der Waals surface area (Å²) in [4.78, 5) is 14.3. The predicted octanol–water partition coefficient (Wildman–Crippen LogP) is 8.06. The fourth-order valence-electron chi connectivity index (χ4n) is 3.36. The van der Waals surface area contributed by atoms with Gasteiger partial charge in [0.2, 0.25) is 0 Å². The lowest BCUT2D eigenvalue weighted by atomic mass is 10.0. The average Bonchev–Trinajstić information content (AvgIpc) is 2.73. The number of anilines is 1. The van der Waals surface area contributed by atoms with Crippen LogP contribution < -0.4 is 4.90 Å². The third-order valence-electron chi connectivity index (χ3n) is 5.41. The monoisotopic (exact) mass is 437 g/mol. The predicted molar refractivity (Wildman–Crippen MR) is 139 cm³/mol. The summed E-state index contributed by atoms with van der Waals surface area (Å²) in [5, 5.41) is 0. The molecule has 0 heterocycles. The van der Waals surface area contributed by atoms with E-state index in [9.17, 15) is 4.79 Å². The van der Waals surface area contributed by atoms with Gasteiger partial charge in [-0.2, -0.15) is 0 Å². The quantitative estimate of drug-likeness (QED) is 0.231. The van der Waals surface area contributed by atoms with Gasteiger partial charge in [0, 0.05) is 14.1 Å². The molecule has 0 atom stereocenters. The number of hydrogen-bond donors (Lipinski definition) is 0. The molecule has 1 rings (SSSR count). The highest BCUT2D eigenvalue weighted by Crippen LogP contribution is 2.19. The summed E-state index contributed by atoms with van der Waals surface area (Å²) < 4.78 is 5.47. The molecule has 0 aliphatic rings. The summed E-state index contributed by atoms with van der Waals surface area (Å²) >= 11 is 0. The van der Waals surface area contributed by atoms with Crippen molar-refractivity contribution in [3.63, 3.8) is 0 Å². The van der Waals surface area contributed by atoms with Crippen molar-refractivity contribution in [2.24, 2.45) is 0 Å². The SMILES string of the molecule is CC(C)=CCC/C(C)=C/CCC(C)=CCC/C(C)=C/COC(=O)c1ccccc1N(C)C. The molecule has 0 saturated carbocycles. The van der Waals surface area contributed by atoms with Crippen LogP contribution in [0.15, 0.2) is 70.9 Å². The van der Waals surface area contributed by atoms with Crippen molar-refractivity contribution in [3.8, 4) is 0 Å². The minimum Gasteiger partial charge on any atom is -0.458 e. The number of allylic oxidation sites excluding steroid dienone is 7. The molecule has 1 aromatic rings. The normalized spacial score (nSPS) is 12.5. The van der Waals surface area contributed by atoms with Crippen LogP contribution in [0.3, 0.4) is 0 Å². The summed E-state index contributed by atoms with van der Waals surface area (Å²) in [6.45, 7) is 11.2. The zero-order valence-electron chi connectivity index (χ0n) is 21.3. The van der Waals surface area contributed by atoms with Crippen molar-refractivity contribution in [2.45, 2.75) is 73.1 Å². The smallest absolute Gasteiger partial charge is 0.340 e. The molecule has 3 heteroatoms. The summed E-state index contributed by atoms with van der Waals surface area (Å²) in [5.41, 5.74) is 7.04. The van der Waals surface area contributed by atoms with Crippen LogP contribution in [0.4, 0.5) is 5.69 Å². The number of carbonyl (C=O) groups excluding carboxylic acids is 1. The van der Waals surface area contributed by atoms with Gasteiger partial charge in [-0.05, 0) is 91.4 Å². The van der Waals surface area contributed by atoms with E-state index in [1.807, 2.05) is 49.3 Å². The van der Waals surface area contributed by atoms with Crippen LogP contribution in [0, 0.1) is 0 Å². The maximum atomic E-state index is 12.4. The Hall–Kier alpha value is -2.55. The lowest BCUT2D eigenvalue weighted by Gasteiger charge is -2.16. The first-order valence-corrected chi connectivity index (χ1v) is 11.7. The van der Waals surface area contributed by atoms with Crippen LogP contribution in [-0.4, -0.2) is 26.7 Å². The molecular weight excluding hydrogens is 394 g/mol. The molecule has 0 fully saturated rings. The van der Waals surface area contributed by atoms with E-state index in [4.69, 9.17) is 4.74 Å². The Kier molecular flexibility index (Phi) is 13.1. The van der Waals surface area contributed by atoms with Gasteiger partial charge >= 0.3 is 5.97 Å². The molecule has 176 valence electrons. The van der Waals surface area contributed by atoms with Gasteiger partial charge < -0.3 is 9.64 Å². The molecule has 1 aromatic carbocycles. The number of benzene rings is 1. The summed E-state index contributed by atoms with van der Waals surface area (Å²) in [7, 11) is 3.85. The molecule has 0 radical (unpaired) electrons. The summed E-state index contributed by atoms with van der Waals surface area (Å²) in [6, 6.07) is 7.52. The van der Waals surface area contributed by atoms with Crippen LogP contribution in [0.5, 0.6) is 0 Å². The lowest BCUT2D eigenvalue weighted by Crippen LogP contribution is -2.15. The Morgan fingerprint density at radius 3 is 1.81 bits per heavy atom. The summed E-state index contributed by atoms with van der Waals surface area (Å²) in [5.74, 6) is -0.279. The Labute approximate surface area is 196 Å². The fourth-order valence-corrected chi connectivity index (χ4v) is 3.36. The van der Waals surface area contributed by atoms with Crippen molar-refractivity contribution < 1.29 is 9.53 Å². The molecular formula is C29H43NO2. The molecule has 0 aromatic heterocycles. The second kappa shape index (κ2) is 15.3. The van der Waals surface area contributed by atoms with Crippen LogP contribution in [0.2, 0.25) is 0 Å². The molecule has 3 nitrogen and oxygen atoms in total. The molecule has 0 aliphatic carbocycles. The van der Waals surface area contributed by atoms with Gasteiger partial charge in [-0.15, -0.1) is 0 Å².